The summed E-state index contributed by atoms with van der Waals surface area (Å²) in [4.78, 5) is 12.1. The number of esters is 1. The van der Waals surface area contributed by atoms with E-state index in [1.54, 1.807) is 6.92 Å². The van der Waals surface area contributed by atoms with E-state index >= 15 is 0 Å². The predicted molar refractivity (Wildman–Crippen MR) is 112 cm³/mol. The first kappa shape index (κ1) is 21.1. The van der Waals surface area contributed by atoms with E-state index in [1.807, 2.05) is 0 Å². The fourth-order valence-electron chi connectivity index (χ4n) is 7.86. The summed E-state index contributed by atoms with van der Waals surface area (Å²) in [7, 11) is 0. The van der Waals surface area contributed by atoms with Crippen LogP contribution in [-0.4, -0.2) is 23.8 Å². The number of halogens is 1. The minimum absolute atomic E-state index is 0.163. The van der Waals surface area contributed by atoms with Gasteiger partial charge in [-0.3, -0.25) is 0 Å². The molecule has 3 fully saturated rings. The quantitative estimate of drug-likeness (QED) is 0.371. The highest BCUT2D eigenvalue weighted by molar-refractivity contribution is 5.87. The van der Waals surface area contributed by atoms with Gasteiger partial charge in [-0.2, -0.15) is 4.39 Å². The van der Waals surface area contributed by atoms with Crippen molar-refractivity contribution in [3.8, 4) is 0 Å². The summed E-state index contributed by atoms with van der Waals surface area (Å²) in [5.41, 5.74) is 2.15. The number of carbonyl (C=O) groups is 1. The molecule has 29 heavy (non-hydrogen) atoms. The first-order valence-electron chi connectivity index (χ1n) is 11.7. The predicted octanol–water partition coefficient (Wildman–Crippen LogP) is 5.73. The molecule has 0 saturated heterocycles. The highest BCUT2D eigenvalue weighted by Crippen LogP contribution is 2.67. The first-order chi connectivity index (χ1) is 13.8. The fourth-order valence-corrected chi connectivity index (χ4v) is 7.86. The second-order valence-corrected chi connectivity index (χ2v) is 10.3. The Morgan fingerprint density at radius 1 is 1.17 bits per heavy atom. The van der Waals surface area contributed by atoms with E-state index in [1.165, 1.54) is 5.57 Å². The summed E-state index contributed by atoms with van der Waals surface area (Å²) in [5, 5.41) is 10.6. The molecule has 4 aliphatic rings. The van der Waals surface area contributed by atoms with Crippen LogP contribution in [0.15, 0.2) is 23.0 Å². The number of aliphatic hydroxyl groups excluding tert-OH is 1. The van der Waals surface area contributed by atoms with Gasteiger partial charge >= 0.3 is 5.97 Å². The molecule has 0 bridgehead atoms. The van der Waals surface area contributed by atoms with E-state index in [0.29, 0.717) is 35.7 Å². The molecule has 0 aromatic heterocycles. The smallest absolute Gasteiger partial charge is 0.367 e. The standard InChI is InChI=1S/C25H37FO3/c1-5-15-17-8-7-16-18-9-10-20(22(26)23(28)29-6-2)25(18,4)13-11-19(16)24(17,3)14-12-21(15)27/h8,15-16,18-19,21,27H,5-7,9-14H2,1-4H3/t15?,16-,18-,19-,21-,24-,25-/m0/s1. The Hall–Kier alpha value is -1.16. The highest BCUT2D eigenvalue weighted by atomic mass is 19.1. The van der Waals surface area contributed by atoms with Gasteiger partial charge in [0.05, 0.1) is 12.7 Å². The lowest BCUT2D eigenvalue weighted by atomic mass is 9.46. The zero-order valence-corrected chi connectivity index (χ0v) is 18.5. The number of hydrogen-bond donors (Lipinski definition) is 1. The van der Waals surface area contributed by atoms with Crippen molar-refractivity contribution in [2.24, 2.45) is 34.5 Å². The van der Waals surface area contributed by atoms with Crippen molar-refractivity contribution in [1.82, 2.24) is 0 Å². The van der Waals surface area contributed by atoms with E-state index < -0.39 is 11.8 Å². The van der Waals surface area contributed by atoms with Gasteiger partial charge in [0.1, 0.15) is 0 Å². The van der Waals surface area contributed by atoms with Gasteiger partial charge in [-0.25, -0.2) is 4.79 Å². The van der Waals surface area contributed by atoms with Crippen LogP contribution in [0.4, 0.5) is 4.39 Å². The number of ether oxygens (including phenoxy) is 1. The van der Waals surface area contributed by atoms with Crippen molar-refractivity contribution in [3.05, 3.63) is 23.0 Å². The maximum atomic E-state index is 15.0. The van der Waals surface area contributed by atoms with Crippen LogP contribution in [0.5, 0.6) is 0 Å². The first-order valence-corrected chi connectivity index (χ1v) is 11.7. The van der Waals surface area contributed by atoms with Crippen molar-refractivity contribution in [3.63, 3.8) is 0 Å². The summed E-state index contributed by atoms with van der Waals surface area (Å²) in [6.45, 7) is 8.74. The topological polar surface area (TPSA) is 46.5 Å². The summed E-state index contributed by atoms with van der Waals surface area (Å²) >= 11 is 0. The normalized spacial score (nSPS) is 45.6. The molecule has 0 aromatic rings. The van der Waals surface area contributed by atoms with Gasteiger partial charge < -0.3 is 9.84 Å². The van der Waals surface area contributed by atoms with Gasteiger partial charge in [0.2, 0.25) is 5.83 Å². The maximum Gasteiger partial charge on any atom is 0.367 e. The molecule has 0 spiro atoms. The van der Waals surface area contributed by atoms with Crippen LogP contribution in [0, 0.1) is 34.5 Å². The molecule has 4 aliphatic carbocycles. The minimum Gasteiger partial charge on any atom is -0.461 e. The van der Waals surface area contributed by atoms with Crippen LogP contribution in [0.2, 0.25) is 0 Å². The molecule has 1 unspecified atom stereocenters. The molecule has 0 aromatic carbocycles. The Morgan fingerprint density at radius 3 is 2.55 bits per heavy atom. The van der Waals surface area contributed by atoms with Gasteiger partial charge in [0, 0.05) is 5.92 Å². The van der Waals surface area contributed by atoms with Crippen LogP contribution >= 0.6 is 0 Å². The molecule has 4 heteroatoms. The zero-order valence-electron chi connectivity index (χ0n) is 18.5. The van der Waals surface area contributed by atoms with Gasteiger partial charge in [-0.15, -0.1) is 0 Å². The van der Waals surface area contributed by atoms with E-state index in [4.69, 9.17) is 4.74 Å². The van der Waals surface area contributed by atoms with Crippen LogP contribution in [0.3, 0.4) is 0 Å². The molecule has 4 rings (SSSR count). The lowest BCUT2D eigenvalue weighted by molar-refractivity contribution is -0.140. The Labute approximate surface area is 174 Å². The number of carbonyl (C=O) groups excluding carboxylic acids is 1. The monoisotopic (exact) mass is 404 g/mol. The molecular weight excluding hydrogens is 367 g/mol. The Balaban J connectivity index is 1.66. The van der Waals surface area contributed by atoms with E-state index in [0.717, 1.165) is 44.9 Å². The lowest BCUT2D eigenvalue weighted by Gasteiger charge is -2.58. The summed E-state index contributed by atoms with van der Waals surface area (Å²) in [6.07, 6.45) is 9.89. The molecule has 3 saturated carbocycles. The maximum absolute atomic E-state index is 15.0. The molecule has 0 amide bonds. The Kier molecular flexibility index (Phi) is 5.46. The van der Waals surface area contributed by atoms with Crippen molar-refractivity contribution >= 4 is 5.97 Å². The zero-order chi connectivity index (χ0) is 21.0. The van der Waals surface area contributed by atoms with Gasteiger partial charge in [-0.05, 0) is 92.4 Å². The molecule has 7 atom stereocenters. The second-order valence-electron chi connectivity index (χ2n) is 10.3. The largest absolute Gasteiger partial charge is 0.461 e. The molecule has 0 heterocycles. The number of hydrogen-bond acceptors (Lipinski definition) is 3. The summed E-state index contributed by atoms with van der Waals surface area (Å²) in [6, 6.07) is 0. The molecule has 3 nitrogen and oxygen atoms in total. The van der Waals surface area contributed by atoms with Crippen LogP contribution in [0.25, 0.3) is 0 Å². The van der Waals surface area contributed by atoms with Crippen molar-refractivity contribution in [2.45, 2.75) is 85.2 Å². The number of rotatable bonds is 3. The third-order valence-electron chi connectivity index (χ3n) is 9.29. The third-order valence-corrected chi connectivity index (χ3v) is 9.29. The Bertz CT molecular complexity index is 740. The third kappa shape index (κ3) is 3.04. The number of aliphatic hydroxyl groups is 1. The molecule has 0 radical (unpaired) electrons. The van der Waals surface area contributed by atoms with Gasteiger partial charge in [-0.1, -0.05) is 32.4 Å². The van der Waals surface area contributed by atoms with E-state index in [9.17, 15) is 14.3 Å². The van der Waals surface area contributed by atoms with Crippen molar-refractivity contribution < 1.29 is 19.0 Å². The molecule has 1 N–H and O–H groups in total. The number of allylic oxidation sites excluding steroid dienone is 2. The van der Waals surface area contributed by atoms with E-state index in [-0.39, 0.29) is 23.5 Å². The number of fused-ring (bicyclic) bond motifs is 5. The van der Waals surface area contributed by atoms with Gasteiger partial charge in [0.15, 0.2) is 0 Å². The average Bonchev–Trinajstić information content (AvgIpc) is 3.05. The molecular formula is C25H37FO3. The molecule has 162 valence electrons. The van der Waals surface area contributed by atoms with Crippen LogP contribution < -0.4 is 0 Å². The minimum atomic E-state index is -0.781. The summed E-state index contributed by atoms with van der Waals surface area (Å²) in [5.74, 6) is 0.466. The summed E-state index contributed by atoms with van der Waals surface area (Å²) < 4.78 is 19.9. The van der Waals surface area contributed by atoms with E-state index in [2.05, 4.69) is 26.8 Å². The van der Waals surface area contributed by atoms with Crippen molar-refractivity contribution in [1.29, 1.82) is 0 Å². The Morgan fingerprint density at radius 2 is 1.86 bits per heavy atom. The van der Waals surface area contributed by atoms with Crippen LogP contribution in [0.1, 0.15) is 79.1 Å². The van der Waals surface area contributed by atoms with Crippen molar-refractivity contribution in [2.75, 3.05) is 6.61 Å². The lowest BCUT2D eigenvalue weighted by Crippen LogP contribution is -2.51. The highest BCUT2D eigenvalue weighted by Gasteiger charge is 2.59. The SMILES string of the molecule is CCOC(=O)C(F)=C1CC[C@H]2[C@@H]3CC=C4C(CC)[C@@H](O)CC[C@]4(C)[C@H]3CC[C@]12C. The second kappa shape index (κ2) is 7.51. The van der Waals surface area contributed by atoms with Crippen LogP contribution in [-0.2, 0) is 9.53 Å². The fraction of sp³-hybridized carbons (Fsp3) is 0.800. The molecule has 0 aliphatic heterocycles. The van der Waals surface area contributed by atoms with Gasteiger partial charge in [0.25, 0.3) is 0 Å². The average molecular weight is 405 g/mol.